The molecule has 0 aliphatic carbocycles. The number of nitrogens with zero attached hydrogens (tertiary/aromatic N) is 1. The van der Waals surface area contributed by atoms with Crippen molar-refractivity contribution >= 4 is 23.1 Å². The van der Waals surface area contributed by atoms with Crippen molar-refractivity contribution in [2.75, 3.05) is 7.05 Å². The van der Waals surface area contributed by atoms with Gasteiger partial charge in [-0.3, -0.25) is 4.79 Å². The number of carbonyl (C=O) groups excluding carboxylic acids is 1. The molecule has 0 radical (unpaired) electrons. The van der Waals surface area contributed by atoms with Gasteiger partial charge in [-0.15, -0.1) is 0 Å². The van der Waals surface area contributed by atoms with Gasteiger partial charge < -0.3 is 10.6 Å². The minimum Gasteiger partial charge on any atom is -0.392 e. The molecule has 1 atom stereocenters. The van der Waals surface area contributed by atoms with Crippen LogP contribution in [0.4, 0.5) is 0 Å². The number of thiocarbonyl (C=S) groups is 1. The van der Waals surface area contributed by atoms with Crippen molar-refractivity contribution < 1.29 is 4.79 Å². The van der Waals surface area contributed by atoms with E-state index in [9.17, 15) is 4.79 Å². The van der Waals surface area contributed by atoms with E-state index >= 15 is 0 Å². The van der Waals surface area contributed by atoms with Gasteiger partial charge in [0.25, 0.3) is 0 Å². The summed E-state index contributed by atoms with van der Waals surface area (Å²) in [6.07, 6.45) is 1.22. The molecule has 2 N–H and O–H groups in total. The number of carbonyl (C=O) groups is 1. The lowest BCUT2D eigenvalue weighted by molar-refractivity contribution is -0.130. The Balaban J connectivity index is 2.47. The Kier molecular flexibility index (Phi) is 5.10. The summed E-state index contributed by atoms with van der Waals surface area (Å²) in [5, 5.41) is 0. The van der Waals surface area contributed by atoms with Gasteiger partial charge in [-0.2, -0.15) is 0 Å². The lowest BCUT2D eigenvalue weighted by Gasteiger charge is -2.23. The molecule has 0 aliphatic rings. The van der Waals surface area contributed by atoms with Crippen molar-refractivity contribution in [2.24, 2.45) is 5.73 Å². The van der Waals surface area contributed by atoms with Crippen LogP contribution in [-0.2, 0) is 11.2 Å². The molecule has 0 heterocycles. The van der Waals surface area contributed by atoms with Crippen molar-refractivity contribution in [1.82, 2.24) is 4.90 Å². The number of amides is 1. The van der Waals surface area contributed by atoms with E-state index in [4.69, 9.17) is 18.0 Å². The lowest BCUT2D eigenvalue weighted by atomic mass is 10.1. The SMILES string of the molecule is CC(C(N)=S)N(C)C(=O)CCc1ccccc1. The number of benzene rings is 1. The molecule has 0 fully saturated rings. The second kappa shape index (κ2) is 6.35. The molecule has 0 saturated carbocycles. The first-order valence-electron chi connectivity index (χ1n) is 5.61. The predicted octanol–water partition coefficient (Wildman–Crippen LogP) is 1.75. The number of hydrogen-bond donors (Lipinski definition) is 1. The Morgan fingerprint density at radius 3 is 2.53 bits per heavy atom. The van der Waals surface area contributed by atoms with Crippen LogP contribution in [0.1, 0.15) is 18.9 Å². The highest BCUT2D eigenvalue weighted by molar-refractivity contribution is 7.80. The van der Waals surface area contributed by atoms with E-state index in [1.807, 2.05) is 37.3 Å². The van der Waals surface area contributed by atoms with Gasteiger partial charge in [0, 0.05) is 13.5 Å². The summed E-state index contributed by atoms with van der Waals surface area (Å²) in [4.78, 5) is 13.8. The van der Waals surface area contributed by atoms with Crippen molar-refractivity contribution in [3.8, 4) is 0 Å². The lowest BCUT2D eigenvalue weighted by Crippen LogP contribution is -2.42. The zero-order valence-corrected chi connectivity index (χ0v) is 11.0. The molecule has 0 spiro atoms. The van der Waals surface area contributed by atoms with Crippen LogP contribution < -0.4 is 5.73 Å². The smallest absolute Gasteiger partial charge is 0.223 e. The normalized spacial score (nSPS) is 11.9. The second-order valence-electron chi connectivity index (χ2n) is 4.07. The highest BCUT2D eigenvalue weighted by Gasteiger charge is 2.17. The Hall–Kier alpha value is -1.42. The maximum absolute atomic E-state index is 11.9. The number of aryl methyl sites for hydroxylation is 1. The third-order valence-electron chi connectivity index (χ3n) is 2.86. The van der Waals surface area contributed by atoms with Crippen LogP contribution in [0.3, 0.4) is 0 Å². The fourth-order valence-corrected chi connectivity index (χ4v) is 1.64. The standard InChI is InChI=1S/C13H18N2OS/c1-10(13(14)17)15(2)12(16)9-8-11-6-4-3-5-7-11/h3-7,10H,8-9H2,1-2H3,(H2,14,17). The van der Waals surface area contributed by atoms with Crippen molar-refractivity contribution in [2.45, 2.75) is 25.8 Å². The third-order valence-corrected chi connectivity index (χ3v) is 3.20. The van der Waals surface area contributed by atoms with E-state index in [1.54, 1.807) is 11.9 Å². The maximum atomic E-state index is 11.9. The topological polar surface area (TPSA) is 46.3 Å². The second-order valence-corrected chi connectivity index (χ2v) is 4.54. The van der Waals surface area contributed by atoms with Gasteiger partial charge >= 0.3 is 0 Å². The average Bonchev–Trinajstić information content (AvgIpc) is 2.35. The molecule has 3 nitrogen and oxygen atoms in total. The van der Waals surface area contributed by atoms with Crippen LogP contribution in [0.5, 0.6) is 0 Å². The maximum Gasteiger partial charge on any atom is 0.223 e. The largest absolute Gasteiger partial charge is 0.392 e. The van der Waals surface area contributed by atoms with Crippen LogP contribution in [0.2, 0.25) is 0 Å². The van der Waals surface area contributed by atoms with Crippen LogP contribution in [-0.4, -0.2) is 28.9 Å². The van der Waals surface area contributed by atoms with E-state index in [1.165, 1.54) is 0 Å². The van der Waals surface area contributed by atoms with E-state index in [2.05, 4.69) is 0 Å². The van der Waals surface area contributed by atoms with E-state index in [0.29, 0.717) is 11.4 Å². The molecular formula is C13H18N2OS. The summed E-state index contributed by atoms with van der Waals surface area (Å²) in [5.74, 6) is 0.0640. The van der Waals surface area contributed by atoms with Gasteiger partial charge in [0.2, 0.25) is 5.91 Å². The first-order chi connectivity index (χ1) is 8.02. The van der Waals surface area contributed by atoms with E-state index < -0.39 is 0 Å². The number of nitrogens with two attached hydrogens (primary N) is 1. The molecule has 17 heavy (non-hydrogen) atoms. The average molecular weight is 250 g/mol. The summed E-state index contributed by atoms with van der Waals surface area (Å²) < 4.78 is 0. The molecule has 0 aliphatic heterocycles. The van der Waals surface area contributed by atoms with Gasteiger partial charge in [-0.25, -0.2) is 0 Å². The quantitative estimate of drug-likeness (QED) is 0.810. The Labute approximate surface area is 108 Å². The monoisotopic (exact) mass is 250 g/mol. The zero-order valence-electron chi connectivity index (χ0n) is 10.2. The van der Waals surface area contributed by atoms with Crippen molar-refractivity contribution in [3.63, 3.8) is 0 Å². The van der Waals surface area contributed by atoms with Gasteiger partial charge in [0.05, 0.1) is 11.0 Å². The number of likely N-dealkylation sites (N-methyl/N-ethyl adjacent to an activating group) is 1. The fourth-order valence-electron chi connectivity index (χ4n) is 1.48. The summed E-state index contributed by atoms with van der Waals surface area (Å²) in [6, 6.07) is 9.76. The summed E-state index contributed by atoms with van der Waals surface area (Å²) in [7, 11) is 1.73. The predicted molar refractivity (Wildman–Crippen MR) is 73.8 cm³/mol. The number of rotatable bonds is 5. The summed E-state index contributed by atoms with van der Waals surface area (Å²) >= 11 is 4.88. The van der Waals surface area contributed by atoms with Crippen LogP contribution in [0.15, 0.2) is 30.3 Å². The first kappa shape index (κ1) is 13.6. The van der Waals surface area contributed by atoms with Gasteiger partial charge in [0.1, 0.15) is 0 Å². The molecule has 1 unspecified atom stereocenters. The molecule has 1 aromatic carbocycles. The fraction of sp³-hybridized carbons (Fsp3) is 0.385. The molecule has 1 aromatic rings. The molecule has 0 saturated heterocycles. The van der Waals surface area contributed by atoms with Gasteiger partial charge in [-0.05, 0) is 18.9 Å². The zero-order chi connectivity index (χ0) is 12.8. The van der Waals surface area contributed by atoms with Gasteiger partial charge in [0.15, 0.2) is 0 Å². The molecule has 1 rings (SSSR count). The Bertz CT molecular complexity index is 392. The third kappa shape index (κ3) is 4.15. The van der Waals surface area contributed by atoms with E-state index in [0.717, 1.165) is 12.0 Å². The highest BCUT2D eigenvalue weighted by atomic mass is 32.1. The summed E-state index contributed by atoms with van der Waals surface area (Å²) in [6.45, 7) is 1.84. The molecule has 0 bridgehead atoms. The highest BCUT2D eigenvalue weighted by Crippen LogP contribution is 2.06. The Morgan fingerprint density at radius 1 is 1.41 bits per heavy atom. The molecule has 1 amide bonds. The van der Waals surface area contributed by atoms with E-state index in [-0.39, 0.29) is 11.9 Å². The first-order valence-corrected chi connectivity index (χ1v) is 6.02. The Morgan fingerprint density at radius 2 is 2.00 bits per heavy atom. The van der Waals surface area contributed by atoms with Crippen LogP contribution >= 0.6 is 12.2 Å². The summed E-state index contributed by atoms with van der Waals surface area (Å²) in [5.41, 5.74) is 6.68. The molecular weight excluding hydrogens is 232 g/mol. The van der Waals surface area contributed by atoms with Crippen LogP contribution in [0, 0.1) is 0 Å². The molecule has 4 heteroatoms. The minimum atomic E-state index is -0.187. The van der Waals surface area contributed by atoms with Crippen LogP contribution in [0.25, 0.3) is 0 Å². The van der Waals surface area contributed by atoms with Crippen molar-refractivity contribution in [1.29, 1.82) is 0 Å². The minimum absolute atomic E-state index is 0.0640. The van der Waals surface area contributed by atoms with Gasteiger partial charge in [-0.1, -0.05) is 42.5 Å². The molecule has 92 valence electrons. The van der Waals surface area contributed by atoms with Crippen molar-refractivity contribution in [3.05, 3.63) is 35.9 Å². The molecule has 0 aromatic heterocycles. The number of hydrogen-bond acceptors (Lipinski definition) is 2.